The van der Waals surface area contributed by atoms with Crippen molar-refractivity contribution < 1.29 is 14.6 Å². The van der Waals surface area contributed by atoms with Crippen LogP contribution >= 0.6 is 12.6 Å². The molecule has 0 saturated carbocycles. The number of benzene rings is 1. The molecule has 0 aliphatic rings. The molecule has 0 amide bonds. The molecule has 0 aliphatic carbocycles. The van der Waals surface area contributed by atoms with Gasteiger partial charge in [0.15, 0.2) is 0 Å². The molecule has 0 bridgehead atoms. The fourth-order valence-corrected chi connectivity index (χ4v) is 1.80. The van der Waals surface area contributed by atoms with Crippen LogP contribution in [0.2, 0.25) is 0 Å². The van der Waals surface area contributed by atoms with Crippen LogP contribution in [0.15, 0.2) is 17.0 Å². The summed E-state index contributed by atoms with van der Waals surface area (Å²) < 4.78 is 4.83. The first-order chi connectivity index (χ1) is 8.13. The van der Waals surface area contributed by atoms with E-state index in [1.807, 2.05) is 6.07 Å². The van der Waals surface area contributed by atoms with Crippen molar-refractivity contribution in [2.24, 2.45) is 0 Å². The standard InChI is InChI=1S/C12H13NO3S/c1-2-16-11(15)5-8-3-4-9(6-13)10(7-14)12(8)17/h3-4,14,17H,2,5,7H2,1H3. The summed E-state index contributed by atoms with van der Waals surface area (Å²) in [6.07, 6.45) is 0.0887. The van der Waals surface area contributed by atoms with Crippen molar-refractivity contribution in [1.29, 1.82) is 5.26 Å². The Kier molecular flexibility index (Phi) is 5.01. The minimum atomic E-state index is -0.351. The van der Waals surface area contributed by atoms with Gasteiger partial charge in [-0.3, -0.25) is 4.79 Å². The van der Waals surface area contributed by atoms with Gasteiger partial charge in [-0.15, -0.1) is 12.6 Å². The van der Waals surface area contributed by atoms with Gasteiger partial charge in [0.1, 0.15) is 0 Å². The molecule has 0 aromatic heterocycles. The number of esters is 1. The van der Waals surface area contributed by atoms with Crippen LogP contribution < -0.4 is 0 Å². The van der Waals surface area contributed by atoms with Gasteiger partial charge in [-0.2, -0.15) is 5.26 Å². The topological polar surface area (TPSA) is 70.3 Å². The molecule has 1 aromatic rings. The second-order valence-electron chi connectivity index (χ2n) is 3.35. The van der Waals surface area contributed by atoms with Crippen molar-refractivity contribution in [3.63, 3.8) is 0 Å². The summed E-state index contributed by atoms with van der Waals surface area (Å²) >= 11 is 4.24. The maximum Gasteiger partial charge on any atom is 0.310 e. The number of carbonyl (C=O) groups excluding carboxylic acids is 1. The highest BCUT2D eigenvalue weighted by Gasteiger charge is 2.13. The van der Waals surface area contributed by atoms with Gasteiger partial charge in [0.2, 0.25) is 0 Å². The Hall–Kier alpha value is -1.51. The third-order valence-electron chi connectivity index (χ3n) is 2.28. The summed E-state index contributed by atoms with van der Waals surface area (Å²) in [6, 6.07) is 5.19. The number of nitrogens with zero attached hydrogens (tertiary/aromatic N) is 1. The van der Waals surface area contributed by atoms with E-state index in [1.54, 1.807) is 19.1 Å². The van der Waals surface area contributed by atoms with E-state index < -0.39 is 0 Å². The predicted molar refractivity (Wildman–Crippen MR) is 64.7 cm³/mol. The zero-order valence-corrected chi connectivity index (χ0v) is 10.3. The summed E-state index contributed by atoms with van der Waals surface area (Å²) in [4.78, 5) is 11.8. The smallest absolute Gasteiger partial charge is 0.310 e. The second kappa shape index (κ2) is 6.28. The molecule has 1 N–H and O–H groups in total. The van der Waals surface area contributed by atoms with Crippen LogP contribution in [0.3, 0.4) is 0 Å². The fraction of sp³-hybridized carbons (Fsp3) is 0.333. The number of nitriles is 1. The van der Waals surface area contributed by atoms with Crippen molar-refractivity contribution >= 4 is 18.6 Å². The molecule has 4 nitrogen and oxygen atoms in total. The Labute approximate surface area is 105 Å². The number of aliphatic hydroxyl groups is 1. The number of rotatable bonds is 4. The zero-order chi connectivity index (χ0) is 12.8. The molecule has 0 spiro atoms. The average Bonchev–Trinajstić information content (AvgIpc) is 2.31. The van der Waals surface area contributed by atoms with E-state index in [-0.39, 0.29) is 19.0 Å². The van der Waals surface area contributed by atoms with Gasteiger partial charge < -0.3 is 9.84 Å². The van der Waals surface area contributed by atoms with Crippen LogP contribution in [-0.4, -0.2) is 17.7 Å². The van der Waals surface area contributed by atoms with E-state index >= 15 is 0 Å². The van der Waals surface area contributed by atoms with Crippen molar-refractivity contribution in [1.82, 2.24) is 0 Å². The average molecular weight is 251 g/mol. The number of carbonyl (C=O) groups is 1. The molecule has 0 atom stereocenters. The zero-order valence-electron chi connectivity index (χ0n) is 9.43. The number of aliphatic hydroxyl groups excluding tert-OH is 1. The third kappa shape index (κ3) is 3.22. The lowest BCUT2D eigenvalue weighted by Crippen LogP contribution is -2.09. The number of hydrogen-bond acceptors (Lipinski definition) is 5. The molecule has 17 heavy (non-hydrogen) atoms. The lowest BCUT2D eigenvalue weighted by molar-refractivity contribution is -0.142. The third-order valence-corrected chi connectivity index (χ3v) is 2.84. The van der Waals surface area contributed by atoms with E-state index in [0.717, 1.165) is 0 Å². The molecule has 0 radical (unpaired) electrons. The van der Waals surface area contributed by atoms with Crippen LogP contribution in [0.5, 0.6) is 0 Å². The molecule has 1 rings (SSSR count). The van der Waals surface area contributed by atoms with Gasteiger partial charge in [0, 0.05) is 10.5 Å². The van der Waals surface area contributed by atoms with Gasteiger partial charge in [0.25, 0.3) is 0 Å². The molecule has 0 unspecified atom stereocenters. The highest BCUT2D eigenvalue weighted by atomic mass is 32.1. The summed E-state index contributed by atoms with van der Waals surface area (Å²) in [5.74, 6) is -0.351. The van der Waals surface area contributed by atoms with Crippen LogP contribution in [-0.2, 0) is 22.6 Å². The maximum atomic E-state index is 11.3. The predicted octanol–water partition coefficient (Wildman–Crippen LogP) is 1.44. The molecule has 90 valence electrons. The van der Waals surface area contributed by atoms with Crippen LogP contribution in [0.25, 0.3) is 0 Å². The fourth-order valence-electron chi connectivity index (χ4n) is 1.46. The van der Waals surface area contributed by atoms with Gasteiger partial charge in [-0.05, 0) is 18.6 Å². The van der Waals surface area contributed by atoms with Crippen LogP contribution in [0, 0.1) is 11.3 Å². The van der Waals surface area contributed by atoms with Crippen LogP contribution in [0.1, 0.15) is 23.6 Å². The summed E-state index contributed by atoms with van der Waals surface area (Å²) in [5, 5.41) is 18.0. The van der Waals surface area contributed by atoms with Gasteiger partial charge >= 0.3 is 5.97 Å². The molecule has 0 aliphatic heterocycles. The van der Waals surface area contributed by atoms with E-state index in [1.165, 1.54) is 0 Å². The largest absolute Gasteiger partial charge is 0.466 e. The highest BCUT2D eigenvalue weighted by Crippen LogP contribution is 2.23. The van der Waals surface area contributed by atoms with Gasteiger partial charge in [-0.1, -0.05) is 6.07 Å². The second-order valence-corrected chi connectivity index (χ2v) is 3.80. The molecule has 0 fully saturated rings. The minimum Gasteiger partial charge on any atom is -0.466 e. The first-order valence-electron chi connectivity index (χ1n) is 5.14. The lowest BCUT2D eigenvalue weighted by Gasteiger charge is -2.10. The number of hydrogen-bond donors (Lipinski definition) is 2. The molecule has 0 heterocycles. The van der Waals surface area contributed by atoms with Crippen molar-refractivity contribution in [2.75, 3.05) is 6.61 Å². The van der Waals surface area contributed by atoms with Gasteiger partial charge in [-0.25, -0.2) is 0 Å². The quantitative estimate of drug-likeness (QED) is 0.627. The Morgan fingerprint density at radius 3 is 2.82 bits per heavy atom. The number of ether oxygens (including phenoxy) is 1. The Bertz CT molecular complexity index is 466. The van der Waals surface area contributed by atoms with E-state index in [0.29, 0.717) is 28.2 Å². The number of thiol groups is 1. The Morgan fingerprint density at radius 1 is 1.59 bits per heavy atom. The lowest BCUT2D eigenvalue weighted by atomic mass is 10.0. The first kappa shape index (κ1) is 13.6. The summed E-state index contributed by atoms with van der Waals surface area (Å²) in [5.41, 5.74) is 1.46. The van der Waals surface area contributed by atoms with E-state index in [2.05, 4.69) is 12.6 Å². The Morgan fingerprint density at radius 2 is 2.29 bits per heavy atom. The molecule has 1 aromatic carbocycles. The minimum absolute atomic E-state index is 0.0887. The summed E-state index contributed by atoms with van der Waals surface area (Å²) in [7, 11) is 0. The van der Waals surface area contributed by atoms with E-state index in [9.17, 15) is 9.90 Å². The molecular formula is C12H13NO3S. The van der Waals surface area contributed by atoms with Crippen molar-refractivity contribution in [3.05, 3.63) is 28.8 Å². The monoisotopic (exact) mass is 251 g/mol. The van der Waals surface area contributed by atoms with Crippen molar-refractivity contribution in [2.45, 2.75) is 24.8 Å². The van der Waals surface area contributed by atoms with E-state index in [4.69, 9.17) is 10.00 Å². The van der Waals surface area contributed by atoms with Crippen LogP contribution in [0.4, 0.5) is 0 Å². The van der Waals surface area contributed by atoms with Crippen molar-refractivity contribution in [3.8, 4) is 6.07 Å². The summed E-state index contributed by atoms with van der Waals surface area (Å²) in [6.45, 7) is 1.78. The highest BCUT2D eigenvalue weighted by molar-refractivity contribution is 7.80. The molecule has 0 saturated heterocycles. The van der Waals surface area contributed by atoms with Gasteiger partial charge in [0.05, 0.1) is 31.3 Å². The SMILES string of the molecule is CCOC(=O)Cc1ccc(C#N)c(CO)c1S. The molecular weight excluding hydrogens is 238 g/mol. The maximum absolute atomic E-state index is 11.3. The Balaban J connectivity index is 3.03. The normalized spacial score (nSPS) is 9.76. The molecule has 5 heteroatoms. The first-order valence-corrected chi connectivity index (χ1v) is 5.59.